The van der Waals surface area contributed by atoms with Gasteiger partial charge in [-0.05, 0) is 25.0 Å². The second-order valence-electron chi connectivity index (χ2n) is 3.60. The van der Waals surface area contributed by atoms with Gasteiger partial charge in [0.1, 0.15) is 0 Å². The maximum absolute atomic E-state index is 11.3. The molecular weight excluding hydrogens is 204 g/mol. The molecule has 4 heteroatoms. The first-order valence-corrected chi connectivity index (χ1v) is 5.60. The largest absolute Gasteiger partial charge is 0.396 e. The summed E-state index contributed by atoms with van der Waals surface area (Å²) in [5.74, 6) is 0.0457. The van der Waals surface area contributed by atoms with E-state index in [0.717, 1.165) is 18.5 Å². The van der Waals surface area contributed by atoms with Gasteiger partial charge in [-0.15, -0.1) is 0 Å². The Hall–Kier alpha value is -1.42. The summed E-state index contributed by atoms with van der Waals surface area (Å²) in [6.45, 7) is 0.774. The average Bonchev–Trinajstić information content (AvgIpc) is 2.31. The van der Waals surface area contributed by atoms with Gasteiger partial charge in [0.05, 0.1) is 0 Å². The van der Waals surface area contributed by atoms with Gasteiger partial charge in [0.2, 0.25) is 5.91 Å². The standard InChI is InChI=1S/C12H18N2O2/c15-10-4-2-6-12(16)14-9-7-11-5-1-3-8-13-11/h1,3,5,8,15H,2,4,6-7,9-10H2,(H,14,16). The first-order valence-electron chi connectivity index (χ1n) is 5.60. The lowest BCUT2D eigenvalue weighted by molar-refractivity contribution is -0.121. The summed E-state index contributed by atoms with van der Waals surface area (Å²) in [6.07, 6.45) is 4.42. The summed E-state index contributed by atoms with van der Waals surface area (Å²) < 4.78 is 0. The van der Waals surface area contributed by atoms with Crippen LogP contribution in [0.25, 0.3) is 0 Å². The molecule has 0 aliphatic heterocycles. The topological polar surface area (TPSA) is 62.2 Å². The van der Waals surface area contributed by atoms with Crippen molar-refractivity contribution in [2.45, 2.75) is 25.7 Å². The third-order valence-corrected chi connectivity index (χ3v) is 2.24. The van der Waals surface area contributed by atoms with Crippen LogP contribution in [0.5, 0.6) is 0 Å². The third kappa shape index (κ3) is 5.46. The van der Waals surface area contributed by atoms with E-state index in [-0.39, 0.29) is 12.5 Å². The molecule has 0 atom stereocenters. The van der Waals surface area contributed by atoms with Gasteiger partial charge >= 0.3 is 0 Å². The van der Waals surface area contributed by atoms with Gasteiger partial charge in [-0.2, -0.15) is 0 Å². The quantitative estimate of drug-likeness (QED) is 0.674. The third-order valence-electron chi connectivity index (χ3n) is 2.24. The van der Waals surface area contributed by atoms with E-state index < -0.39 is 0 Å². The van der Waals surface area contributed by atoms with Crippen LogP contribution < -0.4 is 5.32 Å². The van der Waals surface area contributed by atoms with E-state index in [1.165, 1.54) is 0 Å². The SMILES string of the molecule is O=C(CCCCO)NCCc1ccccn1. The number of aliphatic hydroxyl groups is 1. The van der Waals surface area contributed by atoms with E-state index >= 15 is 0 Å². The zero-order valence-corrected chi connectivity index (χ0v) is 9.35. The lowest BCUT2D eigenvalue weighted by atomic mass is 10.2. The van der Waals surface area contributed by atoms with Crippen molar-refractivity contribution in [1.82, 2.24) is 10.3 Å². The van der Waals surface area contributed by atoms with Crippen molar-refractivity contribution in [1.29, 1.82) is 0 Å². The second-order valence-corrected chi connectivity index (χ2v) is 3.60. The van der Waals surface area contributed by atoms with Crippen molar-refractivity contribution < 1.29 is 9.90 Å². The van der Waals surface area contributed by atoms with Crippen molar-refractivity contribution >= 4 is 5.91 Å². The Morgan fingerprint density at radius 2 is 2.25 bits per heavy atom. The maximum atomic E-state index is 11.3. The summed E-state index contributed by atoms with van der Waals surface area (Å²) in [7, 11) is 0. The summed E-state index contributed by atoms with van der Waals surface area (Å²) in [4.78, 5) is 15.5. The Morgan fingerprint density at radius 3 is 2.94 bits per heavy atom. The minimum atomic E-state index is 0.0457. The van der Waals surface area contributed by atoms with Crippen LogP contribution in [-0.2, 0) is 11.2 Å². The van der Waals surface area contributed by atoms with Gasteiger partial charge in [0, 0.05) is 37.9 Å². The smallest absolute Gasteiger partial charge is 0.220 e. The highest BCUT2D eigenvalue weighted by Crippen LogP contribution is 1.95. The Balaban J connectivity index is 2.09. The number of nitrogens with zero attached hydrogens (tertiary/aromatic N) is 1. The molecule has 1 aromatic rings. The fraction of sp³-hybridized carbons (Fsp3) is 0.500. The molecule has 88 valence electrons. The molecule has 2 N–H and O–H groups in total. The number of nitrogens with one attached hydrogen (secondary N) is 1. The molecule has 0 spiro atoms. The highest BCUT2D eigenvalue weighted by Gasteiger charge is 2.00. The molecule has 1 aromatic heterocycles. The maximum Gasteiger partial charge on any atom is 0.220 e. The Labute approximate surface area is 95.7 Å². The summed E-state index contributed by atoms with van der Waals surface area (Å²) >= 11 is 0. The molecule has 1 heterocycles. The molecule has 0 saturated carbocycles. The first-order chi connectivity index (χ1) is 7.83. The van der Waals surface area contributed by atoms with Crippen LogP contribution >= 0.6 is 0 Å². The highest BCUT2D eigenvalue weighted by molar-refractivity contribution is 5.75. The van der Waals surface area contributed by atoms with Crippen LogP contribution in [-0.4, -0.2) is 29.1 Å². The number of unbranched alkanes of at least 4 members (excludes halogenated alkanes) is 1. The Kier molecular flexibility index (Phi) is 6.18. The van der Waals surface area contributed by atoms with Crippen LogP contribution in [0.3, 0.4) is 0 Å². The number of aromatic nitrogens is 1. The lowest BCUT2D eigenvalue weighted by Gasteiger charge is -2.04. The van der Waals surface area contributed by atoms with Crippen molar-refractivity contribution in [3.05, 3.63) is 30.1 Å². The van der Waals surface area contributed by atoms with E-state index in [0.29, 0.717) is 19.4 Å². The van der Waals surface area contributed by atoms with Crippen LogP contribution in [0, 0.1) is 0 Å². The monoisotopic (exact) mass is 222 g/mol. The fourth-order valence-corrected chi connectivity index (χ4v) is 1.36. The number of rotatable bonds is 7. The predicted octanol–water partition coefficient (Wildman–Crippen LogP) is 0.903. The summed E-state index contributed by atoms with van der Waals surface area (Å²) in [5.41, 5.74) is 0.984. The number of hydrogen-bond donors (Lipinski definition) is 2. The second kappa shape index (κ2) is 7.82. The zero-order chi connectivity index (χ0) is 11.6. The molecular formula is C12H18N2O2. The van der Waals surface area contributed by atoms with Crippen molar-refractivity contribution in [3.8, 4) is 0 Å². The molecule has 0 unspecified atom stereocenters. The number of hydrogen-bond acceptors (Lipinski definition) is 3. The zero-order valence-electron chi connectivity index (χ0n) is 9.35. The highest BCUT2D eigenvalue weighted by atomic mass is 16.2. The number of pyridine rings is 1. The molecule has 1 amide bonds. The normalized spacial score (nSPS) is 10.1. The van der Waals surface area contributed by atoms with Gasteiger partial charge in [-0.1, -0.05) is 6.07 Å². The van der Waals surface area contributed by atoms with E-state index in [1.807, 2.05) is 18.2 Å². The van der Waals surface area contributed by atoms with Gasteiger partial charge in [-0.3, -0.25) is 9.78 Å². The molecule has 0 aliphatic rings. The van der Waals surface area contributed by atoms with E-state index in [1.54, 1.807) is 6.20 Å². The minimum Gasteiger partial charge on any atom is -0.396 e. The number of aliphatic hydroxyl groups excluding tert-OH is 1. The minimum absolute atomic E-state index is 0.0457. The summed E-state index contributed by atoms with van der Waals surface area (Å²) in [6, 6.07) is 5.75. The molecule has 0 aromatic carbocycles. The fourth-order valence-electron chi connectivity index (χ4n) is 1.36. The first kappa shape index (κ1) is 12.6. The average molecular weight is 222 g/mol. The lowest BCUT2D eigenvalue weighted by Crippen LogP contribution is -2.25. The molecule has 0 aliphatic carbocycles. The number of carbonyl (C=O) groups excluding carboxylic acids is 1. The van der Waals surface area contributed by atoms with Gasteiger partial charge in [0.15, 0.2) is 0 Å². The van der Waals surface area contributed by atoms with Gasteiger partial charge in [0.25, 0.3) is 0 Å². The Bertz CT molecular complexity index is 301. The molecule has 0 fully saturated rings. The van der Waals surface area contributed by atoms with E-state index in [9.17, 15) is 4.79 Å². The molecule has 0 bridgehead atoms. The molecule has 0 saturated heterocycles. The summed E-state index contributed by atoms with van der Waals surface area (Å²) in [5, 5.41) is 11.4. The molecule has 1 rings (SSSR count). The number of amides is 1. The van der Waals surface area contributed by atoms with E-state index in [2.05, 4.69) is 10.3 Å². The van der Waals surface area contributed by atoms with Crippen molar-refractivity contribution in [2.24, 2.45) is 0 Å². The van der Waals surface area contributed by atoms with E-state index in [4.69, 9.17) is 5.11 Å². The van der Waals surface area contributed by atoms with Crippen molar-refractivity contribution in [3.63, 3.8) is 0 Å². The molecule has 0 radical (unpaired) electrons. The number of carbonyl (C=O) groups is 1. The van der Waals surface area contributed by atoms with Crippen LogP contribution in [0.2, 0.25) is 0 Å². The van der Waals surface area contributed by atoms with Crippen molar-refractivity contribution in [2.75, 3.05) is 13.2 Å². The van der Waals surface area contributed by atoms with Crippen LogP contribution in [0.1, 0.15) is 25.0 Å². The predicted molar refractivity (Wildman–Crippen MR) is 61.9 cm³/mol. The molecule has 16 heavy (non-hydrogen) atoms. The van der Waals surface area contributed by atoms with Crippen LogP contribution in [0.15, 0.2) is 24.4 Å². The van der Waals surface area contributed by atoms with Gasteiger partial charge < -0.3 is 10.4 Å². The van der Waals surface area contributed by atoms with Crippen LogP contribution in [0.4, 0.5) is 0 Å². The molecule has 4 nitrogen and oxygen atoms in total. The van der Waals surface area contributed by atoms with Gasteiger partial charge in [-0.25, -0.2) is 0 Å². The Morgan fingerprint density at radius 1 is 1.38 bits per heavy atom.